The van der Waals surface area contributed by atoms with E-state index in [1.165, 1.54) is 0 Å². The molecule has 1 aliphatic heterocycles. The summed E-state index contributed by atoms with van der Waals surface area (Å²) in [5.41, 5.74) is 1.24. The Morgan fingerprint density at radius 2 is 2.29 bits per heavy atom. The summed E-state index contributed by atoms with van der Waals surface area (Å²) in [5, 5.41) is 14.7. The monoisotopic (exact) mass is 293 g/mol. The van der Waals surface area contributed by atoms with Gasteiger partial charge in [-0.1, -0.05) is 5.16 Å². The first kappa shape index (κ1) is 15.0. The van der Waals surface area contributed by atoms with Crippen molar-refractivity contribution in [1.82, 2.24) is 10.2 Å². The number of rotatable bonds is 6. The van der Waals surface area contributed by atoms with Gasteiger partial charge in [-0.15, -0.1) is 0 Å². The maximum absolute atomic E-state index is 11.4. The van der Waals surface area contributed by atoms with Crippen LogP contribution in [0.4, 0.5) is 4.79 Å². The van der Waals surface area contributed by atoms with E-state index in [-0.39, 0.29) is 6.03 Å². The van der Waals surface area contributed by atoms with Crippen molar-refractivity contribution in [1.29, 1.82) is 0 Å². The standard InChI is InChI=1S/C14H19N3O4/c1-10(16-19)11-3-4-12(13(9-11)20-2)21-8-7-17-6-5-15-14(17)18/h3-4,9,19H,5-8H2,1-2H3,(H,15,18)/b16-10+. The molecule has 1 aromatic rings. The molecule has 7 heteroatoms. The van der Waals surface area contributed by atoms with Gasteiger partial charge in [0.05, 0.1) is 19.4 Å². The van der Waals surface area contributed by atoms with Gasteiger partial charge in [-0.05, 0) is 25.1 Å². The van der Waals surface area contributed by atoms with Crippen LogP contribution in [0.2, 0.25) is 0 Å². The number of hydrogen-bond acceptors (Lipinski definition) is 5. The second-order valence-electron chi connectivity index (χ2n) is 4.62. The SMILES string of the molecule is COc1cc(/C(C)=N/O)ccc1OCCN1CCNC1=O. The lowest BCUT2D eigenvalue weighted by atomic mass is 10.1. The zero-order chi connectivity index (χ0) is 15.2. The van der Waals surface area contributed by atoms with Gasteiger partial charge in [0.15, 0.2) is 11.5 Å². The van der Waals surface area contributed by atoms with E-state index in [1.54, 1.807) is 37.1 Å². The Bertz CT molecular complexity index is 545. The van der Waals surface area contributed by atoms with Crippen molar-refractivity contribution in [2.45, 2.75) is 6.92 Å². The van der Waals surface area contributed by atoms with Gasteiger partial charge in [0.25, 0.3) is 0 Å². The van der Waals surface area contributed by atoms with E-state index in [2.05, 4.69) is 10.5 Å². The molecular formula is C14H19N3O4. The molecule has 2 rings (SSSR count). The fourth-order valence-corrected chi connectivity index (χ4v) is 2.06. The third-order valence-corrected chi connectivity index (χ3v) is 3.30. The number of nitrogens with zero attached hydrogens (tertiary/aromatic N) is 2. The highest BCUT2D eigenvalue weighted by Crippen LogP contribution is 2.28. The summed E-state index contributed by atoms with van der Waals surface area (Å²) in [6, 6.07) is 5.23. The van der Waals surface area contributed by atoms with Crippen molar-refractivity contribution >= 4 is 11.7 Å². The van der Waals surface area contributed by atoms with E-state index >= 15 is 0 Å². The minimum Gasteiger partial charge on any atom is -0.493 e. The van der Waals surface area contributed by atoms with Crippen molar-refractivity contribution in [2.75, 3.05) is 33.4 Å². The number of carbonyl (C=O) groups excluding carboxylic acids is 1. The number of urea groups is 1. The van der Waals surface area contributed by atoms with Crippen LogP contribution in [-0.2, 0) is 0 Å². The molecule has 1 fully saturated rings. The second-order valence-corrected chi connectivity index (χ2v) is 4.62. The molecule has 21 heavy (non-hydrogen) atoms. The predicted octanol–water partition coefficient (Wildman–Crippen LogP) is 1.30. The lowest BCUT2D eigenvalue weighted by Crippen LogP contribution is -2.31. The molecule has 1 aromatic carbocycles. The van der Waals surface area contributed by atoms with Crippen LogP contribution >= 0.6 is 0 Å². The molecule has 2 N–H and O–H groups in total. The molecule has 0 radical (unpaired) electrons. The lowest BCUT2D eigenvalue weighted by molar-refractivity contribution is 0.201. The van der Waals surface area contributed by atoms with Gasteiger partial charge < -0.3 is 24.9 Å². The van der Waals surface area contributed by atoms with Gasteiger partial charge in [-0.25, -0.2) is 4.79 Å². The Morgan fingerprint density at radius 3 is 2.90 bits per heavy atom. The summed E-state index contributed by atoms with van der Waals surface area (Å²) >= 11 is 0. The highest BCUT2D eigenvalue weighted by Gasteiger charge is 2.19. The van der Waals surface area contributed by atoms with Crippen LogP contribution in [0.15, 0.2) is 23.4 Å². The Kier molecular flexibility index (Phi) is 4.86. The van der Waals surface area contributed by atoms with Gasteiger partial charge in [0, 0.05) is 18.7 Å². The number of ether oxygens (including phenoxy) is 2. The van der Waals surface area contributed by atoms with Crippen LogP contribution in [0.1, 0.15) is 12.5 Å². The van der Waals surface area contributed by atoms with Crippen LogP contribution in [-0.4, -0.2) is 55.2 Å². The van der Waals surface area contributed by atoms with Crippen LogP contribution < -0.4 is 14.8 Å². The summed E-state index contributed by atoms with van der Waals surface area (Å²) < 4.78 is 10.9. The van der Waals surface area contributed by atoms with Gasteiger partial charge in [0.1, 0.15) is 6.61 Å². The van der Waals surface area contributed by atoms with E-state index in [9.17, 15) is 4.79 Å². The Hall–Kier alpha value is -2.44. The normalized spacial score (nSPS) is 15.0. The molecule has 0 atom stereocenters. The largest absolute Gasteiger partial charge is 0.493 e. The van der Waals surface area contributed by atoms with Gasteiger partial charge >= 0.3 is 6.03 Å². The number of hydrogen-bond donors (Lipinski definition) is 2. The molecule has 7 nitrogen and oxygen atoms in total. The topological polar surface area (TPSA) is 83.4 Å². The summed E-state index contributed by atoms with van der Waals surface area (Å²) in [5.74, 6) is 1.15. The Labute approximate surface area is 123 Å². The number of nitrogens with one attached hydrogen (secondary N) is 1. The van der Waals surface area contributed by atoms with E-state index in [0.717, 1.165) is 5.56 Å². The zero-order valence-electron chi connectivity index (χ0n) is 12.1. The fraction of sp³-hybridized carbons (Fsp3) is 0.429. The Balaban J connectivity index is 1.97. The maximum Gasteiger partial charge on any atom is 0.317 e. The molecule has 0 saturated carbocycles. The van der Waals surface area contributed by atoms with Crippen molar-refractivity contribution < 1.29 is 19.5 Å². The second kappa shape index (κ2) is 6.83. The van der Waals surface area contributed by atoms with Crippen LogP contribution in [0.5, 0.6) is 11.5 Å². The molecule has 0 unspecified atom stereocenters. The average molecular weight is 293 g/mol. The smallest absolute Gasteiger partial charge is 0.317 e. The van der Waals surface area contributed by atoms with Crippen LogP contribution in [0, 0.1) is 0 Å². The first-order valence-corrected chi connectivity index (χ1v) is 6.68. The minimum absolute atomic E-state index is 0.0595. The van der Waals surface area contributed by atoms with Crippen molar-refractivity contribution in [2.24, 2.45) is 5.16 Å². The third kappa shape index (κ3) is 3.56. The highest BCUT2D eigenvalue weighted by atomic mass is 16.5. The zero-order valence-corrected chi connectivity index (χ0v) is 12.1. The fourth-order valence-electron chi connectivity index (χ4n) is 2.06. The number of carbonyl (C=O) groups is 1. The van der Waals surface area contributed by atoms with Crippen molar-refractivity contribution in [3.05, 3.63) is 23.8 Å². The summed E-state index contributed by atoms with van der Waals surface area (Å²) in [7, 11) is 1.55. The maximum atomic E-state index is 11.4. The summed E-state index contributed by atoms with van der Waals surface area (Å²) in [6.45, 7) is 3.98. The molecule has 0 spiro atoms. The molecule has 0 aromatic heterocycles. The average Bonchev–Trinajstić information content (AvgIpc) is 2.92. The quantitative estimate of drug-likeness (QED) is 0.470. The summed E-state index contributed by atoms with van der Waals surface area (Å²) in [6.07, 6.45) is 0. The predicted molar refractivity (Wildman–Crippen MR) is 77.5 cm³/mol. The molecule has 0 bridgehead atoms. The minimum atomic E-state index is -0.0595. The molecular weight excluding hydrogens is 274 g/mol. The van der Waals surface area contributed by atoms with E-state index in [4.69, 9.17) is 14.7 Å². The van der Waals surface area contributed by atoms with Crippen LogP contribution in [0.25, 0.3) is 0 Å². The van der Waals surface area contributed by atoms with E-state index in [0.29, 0.717) is 43.5 Å². The first-order chi connectivity index (χ1) is 10.2. The van der Waals surface area contributed by atoms with Gasteiger partial charge in [0.2, 0.25) is 0 Å². The number of benzene rings is 1. The highest BCUT2D eigenvalue weighted by molar-refractivity contribution is 5.98. The van der Waals surface area contributed by atoms with E-state index < -0.39 is 0 Å². The van der Waals surface area contributed by atoms with Crippen molar-refractivity contribution in [3.8, 4) is 11.5 Å². The number of amides is 2. The Morgan fingerprint density at radius 1 is 1.48 bits per heavy atom. The molecule has 114 valence electrons. The lowest BCUT2D eigenvalue weighted by Gasteiger charge is -2.16. The van der Waals surface area contributed by atoms with E-state index in [1.807, 2.05) is 0 Å². The van der Waals surface area contributed by atoms with Crippen molar-refractivity contribution in [3.63, 3.8) is 0 Å². The molecule has 1 heterocycles. The first-order valence-electron chi connectivity index (χ1n) is 6.68. The van der Waals surface area contributed by atoms with Gasteiger partial charge in [-0.3, -0.25) is 0 Å². The third-order valence-electron chi connectivity index (χ3n) is 3.30. The number of methoxy groups -OCH3 is 1. The number of oxime groups is 1. The molecule has 1 saturated heterocycles. The van der Waals surface area contributed by atoms with Gasteiger partial charge in [-0.2, -0.15) is 0 Å². The molecule has 0 aliphatic carbocycles. The van der Waals surface area contributed by atoms with Crippen LogP contribution in [0.3, 0.4) is 0 Å². The summed E-state index contributed by atoms with van der Waals surface area (Å²) in [4.78, 5) is 13.1. The molecule has 1 aliphatic rings. The molecule has 2 amide bonds.